The molecule has 6 heteroatoms. The van der Waals surface area contributed by atoms with Crippen molar-refractivity contribution in [3.63, 3.8) is 0 Å². The van der Waals surface area contributed by atoms with Gasteiger partial charge in [0, 0.05) is 11.7 Å². The van der Waals surface area contributed by atoms with E-state index < -0.39 is 0 Å². The standard InChI is InChI=1S/C15H20N4OS/c1-3-9(2)19-13(17-18-15(19)21)11-8-10-6-4-5-7-12(10)16-14(11)20/h8-9H,3-7H2,1-2H3,(H,16,20)(H,18,21). The van der Waals surface area contributed by atoms with Crippen molar-refractivity contribution in [2.24, 2.45) is 0 Å². The van der Waals surface area contributed by atoms with Gasteiger partial charge in [-0.2, -0.15) is 5.10 Å². The molecular formula is C15H20N4OS. The van der Waals surface area contributed by atoms with Gasteiger partial charge in [0.15, 0.2) is 10.6 Å². The third-order valence-corrected chi connectivity index (χ3v) is 4.60. The van der Waals surface area contributed by atoms with Gasteiger partial charge in [0.1, 0.15) is 0 Å². The fourth-order valence-corrected chi connectivity index (χ4v) is 3.24. The number of fused-ring (bicyclic) bond motifs is 1. The minimum atomic E-state index is -0.0748. The summed E-state index contributed by atoms with van der Waals surface area (Å²) in [5, 5.41) is 7.11. The lowest BCUT2D eigenvalue weighted by Crippen LogP contribution is -2.19. The number of aromatic nitrogens is 4. The van der Waals surface area contributed by atoms with Crippen LogP contribution in [0.1, 0.15) is 50.4 Å². The van der Waals surface area contributed by atoms with Crippen molar-refractivity contribution >= 4 is 12.2 Å². The van der Waals surface area contributed by atoms with E-state index in [0.29, 0.717) is 16.2 Å². The zero-order valence-corrected chi connectivity index (χ0v) is 13.2. The van der Waals surface area contributed by atoms with Crippen molar-refractivity contribution in [3.05, 3.63) is 32.4 Å². The first kappa shape index (κ1) is 14.3. The van der Waals surface area contributed by atoms with Crippen LogP contribution in [-0.2, 0) is 12.8 Å². The van der Waals surface area contributed by atoms with Crippen LogP contribution >= 0.6 is 12.2 Å². The quantitative estimate of drug-likeness (QED) is 0.856. The molecule has 1 aliphatic rings. The molecule has 1 aliphatic carbocycles. The van der Waals surface area contributed by atoms with Gasteiger partial charge in [-0.3, -0.25) is 14.5 Å². The highest BCUT2D eigenvalue weighted by Gasteiger charge is 2.19. The number of rotatable bonds is 3. The van der Waals surface area contributed by atoms with Crippen molar-refractivity contribution in [2.75, 3.05) is 0 Å². The van der Waals surface area contributed by atoms with Crippen LogP contribution in [0.25, 0.3) is 11.4 Å². The van der Waals surface area contributed by atoms with Gasteiger partial charge in [-0.1, -0.05) is 6.92 Å². The fraction of sp³-hybridized carbons (Fsp3) is 0.533. The molecule has 1 atom stereocenters. The molecule has 2 aromatic heterocycles. The average Bonchev–Trinajstić information content (AvgIpc) is 2.87. The van der Waals surface area contributed by atoms with Gasteiger partial charge in [-0.05, 0) is 62.9 Å². The first-order valence-corrected chi connectivity index (χ1v) is 7.95. The lowest BCUT2D eigenvalue weighted by molar-refractivity contribution is 0.528. The van der Waals surface area contributed by atoms with Gasteiger partial charge >= 0.3 is 0 Å². The summed E-state index contributed by atoms with van der Waals surface area (Å²) in [5.74, 6) is 0.643. The molecule has 0 saturated carbocycles. The van der Waals surface area contributed by atoms with Crippen LogP contribution in [0.15, 0.2) is 10.9 Å². The van der Waals surface area contributed by atoms with Crippen molar-refractivity contribution < 1.29 is 0 Å². The molecule has 21 heavy (non-hydrogen) atoms. The number of aromatic amines is 2. The molecule has 1 unspecified atom stereocenters. The second kappa shape index (κ2) is 5.60. The van der Waals surface area contributed by atoms with Crippen LogP contribution in [0.5, 0.6) is 0 Å². The summed E-state index contributed by atoms with van der Waals surface area (Å²) in [6.45, 7) is 4.18. The molecule has 0 saturated heterocycles. The summed E-state index contributed by atoms with van der Waals surface area (Å²) < 4.78 is 2.51. The van der Waals surface area contributed by atoms with Gasteiger partial charge in [0.2, 0.25) is 0 Å². The predicted molar refractivity (Wildman–Crippen MR) is 85.1 cm³/mol. The highest BCUT2D eigenvalue weighted by atomic mass is 32.1. The Balaban J connectivity index is 2.18. The summed E-state index contributed by atoms with van der Waals surface area (Å²) in [6.07, 6.45) is 5.24. The lowest BCUT2D eigenvalue weighted by atomic mass is 9.95. The average molecular weight is 304 g/mol. The largest absolute Gasteiger partial charge is 0.325 e. The Labute approximate surface area is 128 Å². The molecule has 5 nitrogen and oxygen atoms in total. The minimum Gasteiger partial charge on any atom is -0.325 e. The normalized spacial score (nSPS) is 15.7. The van der Waals surface area contributed by atoms with Crippen molar-refractivity contribution in [3.8, 4) is 11.4 Å². The van der Waals surface area contributed by atoms with Crippen LogP contribution in [0.2, 0.25) is 0 Å². The Kier molecular flexibility index (Phi) is 3.80. The molecule has 0 bridgehead atoms. The third kappa shape index (κ3) is 2.48. The van der Waals surface area contributed by atoms with E-state index in [1.807, 2.05) is 10.6 Å². The smallest absolute Gasteiger partial charge is 0.259 e. The zero-order chi connectivity index (χ0) is 15.0. The highest BCUT2D eigenvalue weighted by Crippen LogP contribution is 2.24. The number of pyridine rings is 1. The fourth-order valence-electron chi connectivity index (χ4n) is 2.93. The molecule has 3 rings (SSSR count). The molecule has 0 aliphatic heterocycles. The first-order valence-electron chi connectivity index (χ1n) is 7.54. The summed E-state index contributed by atoms with van der Waals surface area (Å²) in [5.41, 5.74) is 2.86. The van der Waals surface area contributed by atoms with Crippen LogP contribution < -0.4 is 5.56 Å². The molecule has 0 amide bonds. The van der Waals surface area contributed by atoms with Gasteiger partial charge in [-0.25, -0.2) is 0 Å². The van der Waals surface area contributed by atoms with Crippen LogP contribution in [-0.4, -0.2) is 19.7 Å². The predicted octanol–water partition coefficient (Wildman–Crippen LogP) is 3.15. The number of hydrogen-bond acceptors (Lipinski definition) is 3. The Morgan fingerprint density at radius 1 is 1.43 bits per heavy atom. The monoisotopic (exact) mass is 304 g/mol. The van der Waals surface area contributed by atoms with E-state index in [4.69, 9.17) is 12.2 Å². The van der Waals surface area contributed by atoms with Crippen LogP contribution in [0, 0.1) is 4.77 Å². The maximum Gasteiger partial charge on any atom is 0.259 e. The van der Waals surface area contributed by atoms with E-state index in [-0.39, 0.29) is 11.6 Å². The van der Waals surface area contributed by atoms with Crippen LogP contribution in [0.3, 0.4) is 0 Å². The topological polar surface area (TPSA) is 66.5 Å². The number of nitrogens with one attached hydrogen (secondary N) is 2. The van der Waals surface area contributed by atoms with Crippen molar-refractivity contribution in [1.29, 1.82) is 0 Å². The van der Waals surface area contributed by atoms with E-state index in [1.54, 1.807) is 0 Å². The van der Waals surface area contributed by atoms with Crippen molar-refractivity contribution in [1.82, 2.24) is 19.7 Å². The number of H-pyrrole nitrogens is 2. The molecule has 0 aromatic carbocycles. The second-order valence-corrected chi connectivity index (χ2v) is 6.09. The Bertz CT molecular complexity index is 771. The van der Waals surface area contributed by atoms with Gasteiger partial charge < -0.3 is 4.98 Å². The molecule has 2 aromatic rings. The van der Waals surface area contributed by atoms with Gasteiger partial charge in [0.05, 0.1) is 5.56 Å². The molecular weight excluding hydrogens is 284 g/mol. The Morgan fingerprint density at radius 3 is 2.95 bits per heavy atom. The van der Waals surface area contributed by atoms with Gasteiger partial charge in [0.25, 0.3) is 5.56 Å². The zero-order valence-electron chi connectivity index (χ0n) is 12.4. The van der Waals surface area contributed by atoms with E-state index >= 15 is 0 Å². The minimum absolute atomic E-state index is 0.0748. The first-order chi connectivity index (χ1) is 10.1. The Morgan fingerprint density at radius 2 is 2.19 bits per heavy atom. The summed E-state index contributed by atoms with van der Waals surface area (Å²) >= 11 is 5.31. The van der Waals surface area contributed by atoms with E-state index in [0.717, 1.165) is 31.4 Å². The SMILES string of the molecule is CCC(C)n1c(-c2cc3c([nH]c2=O)CCCC3)n[nH]c1=S. The number of aryl methyl sites for hydroxylation is 2. The van der Waals surface area contributed by atoms with E-state index in [9.17, 15) is 4.79 Å². The molecule has 0 radical (unpaired) electrons. The second-order valence-electron chi connectivity index (χ2n) is 5.70. The van der Waals surface area contributed by atoms with E-state index in [2.05, 4.69) is 29.0 Å². The highest BCUT2D eigenvalue weighted by molar-refractivity contribution is 7.71. The van der Waals surface area contributed by atoms with E-state index in [1.165, 1.54) is 12.0 Å². The molecule has 2 heterocycles. The number of hydrogen-bond donors (Lipinski definition) is 2. The molecule has 0 spiro atoms. The third-order valence-electron chi connectivity index (χ3n) is 4.32. The van der Waals surface area contributed by atoms with Crippen LogP contribution in [0.4, 0.5) is 0 Å². The summed E-state index contributed by atoms with van der Waals surface area (Å²) in [4.78, 5) is 15.4. The Hall–Kier alpha value is -1.69. The maximum absolute atomic E-state index is 12.4. The number of nitrogens with zero attached hydrogens (tertiary/aromatic N) is 2. The molecule has 2 N–H and O–H groups in total. The molecule has 112 valence electrons. The maximum atomic E-state index is 12.4. The molecule has 0 fully saturated rings. The summed E-state index contributed by atoms with van der Waals surface area (Å²) in [6, 6.07) is 2.21. The lowest BCUT2D eigenvalue weighted by Gasteiger charge is -2.17. The van der Waals surface area contributed by atoms with Crippen molar-refractivity contribution in [2.45, 2.75) is 52.0 Å². The van der Waals surface area contributed by atoms with Gasteiger partial charge in [-0.15, -0.1) is 0 Å². The summed E-state index contributed by atoms with van der Waals surface area (Å²) in [7, 11) is 0.